The number of hydrogen-bond donors (Lipinski definition) is 2. The highest BCUT2D eigenvalue weighted by Crippen LogP contribution is 2.57. The number of nitrogens with two attached hydrogens (primary N) is 1. The van der Waals surface area contributed by atoms with Gasteiger partial charge in [0.05, 0.1) is 16.6 Å². The highest BCUT2D eigenvalue weighted by molar-refractivity contribution is 6.04. The van der Waals surface area contributed by atoms with Crippen LogP contribution in [0.25, 0.3) is 33.1 Å². The lowest BCUT2D eigenvalue weighted by Crippen LogP contribution is -2.45. The molecular weight excluding hydrogens is 507 g/mol. The number of aryl methyl sites for hydroxylation is 1. The van der Waals surface area contributed by atoms with Crippen LogP contribution in [0.15, 0.2) is 48.9 Å². The van der Waals surface area contributed by atoms with Crippen LogP contribution >= 0.6 is 0 Å². The van der Waals surface area contributed by atoms with Gasteiger partial charge in [0.1, 0.15) is 35.9 Å². The topological polar surface area (TPSA) is 117 Å². The van der Waals surface area contributed by atoms with E-state index in [1.165, 1.54) is 17.1 Å². The lowest BCUT2D eigenvalue weighted by atomic mass is 9.90. The molecule has 2 aliphatic rings. The Bertz CT molecular complexity index is 1870. The number of rotatable bonds is 5. The molecule has 0 saturated heterocycles. The number of fused-ring (bicyclic) bond motifs is 4. The Balaban J connectivity index is 1.33. The van der Waals surface area contributed by atoms with Crippen LogP contribution in [0.2, 0.25) is 0 Å². The van der Waals surface area contributed by atoms with Gasteiger partial charge in [-0.15, -0.1) is 6.42 Å². The van der Waals surface area contributed by atoms with E-state index in [0.717, 1.165) is 47.7 Å². The number of carbonyl (C=O) groups excluding carboxylic acids is 1. The fourth-order valence-corrected chi connectivity index (χ4v) is 6.98. The quantitative estimate of drug-likeness (QED) is 0.326. The van der Waals surface area contributed by atoms with Crippen LogP contribution in [0.5, 0.6) is 0 Å². The molecule has 1 aromatic carbocycles. The Morgan fingerprint density at radius 3 is 2.73 bits per heavy atom. The number of carbonyl (C=O) groups is 1. The predicted octanol–water partition coefficient (Wildman–Crippen LogP) is 4.25. The van der Waals surface area contributed by atoms with Gasteiger partial charge in [0.2, 0.25) is 0 Å². The van der Waals surface area contributed by atoms with Crippen molar-refractivity contribution >= 4 is 33.7 Å². The van der Waals surface area contributed by atoms with Gasteiger partial charge in [-0.2, -0.15) is 5.10 Å². The second kappa shape index (κ2) is 8.61. The Labute approximate surface area is 229 Å². The summed E-state index contributed by atoms with van der Waals surface area (Å²) in [5, 5.41) is 9.06. The number of hydrogen-bond acceptors (Lipinski definition) is 6. The summed E-state index contributed by atoms with van der Waals surface area (Å²) >= 11 is 0. The van der Waals surface area contributed by atoms with E-state index in [1.54, 1.807) is 7.05 Å². The number of nitrogen functional groups attached to an aromatic ring is 1. The summed E-state index contributed by atoms with van der Waals surface area (Å²) < 4.78 is 16.7. The van der Waals surface area contributed by atoms with E-state index in [0.29, 0.717) is 34.7 Å². The van der Waals surface area contributed by atoms with Crippen LogP contribution in [0.3, 0.4) is 0 Å². The van der Waals surface area contributed by atoms with Crippen LogP contribution in [0.4, 0.5) is 10.2 Å². The van der Waals surface area contributed by atoms with Crippen molar-refractivity contribution < 1.29 is 9.18 Å². The normalized spacial score (nSPS) is 21.7. The monoisotopic (exact) mass is 534 g/mol. The Morgan fingerprint density at radius 2 is 1.98 bits per heavy atom. The van der Waals surface area contributed by atoms with Crippen molar-refractivity contribution in [1.29, 1.82) is 0 Å². The number of alkyl halides is 1. The zero-order valence-electron chi connectivity index (χ0n) is 22.0. The van der Waals surface area contributed by atoms with Gasteiger partial charge >= 0.3 is 0 Å². The molecule has 200 valence electrons. The fraction of sp³-hybridized carbons (Fsp3) is 0.300. The first-order valence-electron chi connectivity index (χ1n) is 13.3. The fourth-order valence-electron chi connectivity index (χ4n) is 6.98. The van der Waals surface area contributed by atoms with Gasteiger partial charge in [0, 0.05) is 40.8 Å². The van der Waals surface area contributed by atoms with Crippen LogP contribution in [0, 0.1) is 12.3 Å². The number of para-hydroxylation sites is 1. The first-order chi connectivity index (χ1) is 19.4. The molecule has 2 fully saturated rings. The molecule has 40 heavy (non-hydrogen) atoms. The minimum Gasteiger partial charge on any atom is -0.383 e. The summed E-state index contributed by atoms with van der Waals surface area (Å²) in [5.74, 6) is 3.06. The summed E-state index contributed by atoms with van der Waals surface area (Å²) in [7, 11) is 1.65. The van der Waals surface area contributed by atoms with E-state index in [-0.39, 0.29) is 17.1 Å². The van der Waals surface area contributed by atoms with Gasteiger partial charge in [-0.1, -0.05) is 24.1 Å². The maximum atomic E-state index is 13.3. The molecular formula is C30H27FN8O. The van der Waals surface area contributed by atoms with Crippen LogP contribution in [-0.4, -0.2) is 40.7 Å². The number of terminal acetylenes is 1. The number of anilines is 1. The molecule has 9 nitrogen and oxygen atoms in total. The van der Waals surface area contributed by atoms with Gasteiger partial charge in [0.25, 0.3) is 5.91 Å². The van der Waals surface area contributed by atoms with Crippen molar-refractivity contribution in [2.75, 3.05) is 5.73 Å². The molecule has 0 spiro atoms. The first-order valence-corrected chi connectivity index (χ1v) is 13.3. The predicted molar refractivity (Wildman–Crippen MR) is 150 cm³/mol. The van der Waals surface area contributed by atoms with E-state index in [1.807, 2.05) is 30.5 Å². The molecule has 0 atom stereocenters. The lowest BCUT2D eigenvalue weighted by Gasteiger charge is -2.30. The molecule has 4 aromatic heterocycles. The molecule has 0 aliphatic heterocycles. The maximum Gasteiger partial charge on any atom is 0.269 e. The highest BCUT2D eigenvalue weighted by atomic mass is 19.1. The first kappa shape index (κ1) is 24.3. The van der Waals surface area contributed by atoms with Crippen molar-refractivity contribution in [3.05, 3.63) is 66.0 Å². The minimum atomic E-state index is -0.717. The van der Waals surface area contributed by atoms with E-state index >= 15 is 0 Å². The second-order valence-electron chi connectivity index (χ2n) is 11.0. The van der Waals surface area contributed by atoms with Crippen molar-refractivity contribution in [1.82, 2.24) is 34.6 Å². The average molecular weight is 535 g/mol. The number of amides is 1. The summed E-state index contributed by atoms with van der Waals surface area (Å²) in [6, 6.07) is 11.5. The van der Waals surface area contributed by atoms with Crippen molar-refractivity contribution in [3.8, 4) is 23.5 Å². The molecule has 5 aromatic rings. The second-order valence-corrected chi connectivity index (χ2v) is 11.0. The number of nitrogens with zero attached hydrogens (tertiary/aromatic N) is 6. The lowest BCUT2D eigenvalue weighted by molar-refractivity contribution is 0.0891. The van der Waals surface area contributed by atoms with Gasteiger partial charge in [0.15, 0.2) is 0 Å². The third-order valence-corrected chi connectivity index (χ3v) is 8.75. The van der Waals surface area contributed by atoms with Crippen molar-refractivity contribution in [2.24, 2.45) is 7.05 Å². The largest absolute Gasteiger partial charge is 0.383 e. The van der Waals surface area contributed by atoms with Gasteiger partial charge in [-0.3, -0.25) is 14.5 Å². The number of pyridine rings is 1. The smallest absolute Gasteiger partial charge is 0.269 e. The molecule has 7 rings (SSSR count). The molecule has 2 bridgehead atoms. The zero-order valence-corrected chi connectivity index (χ0v) is 22.0. The Morgan fingerprint density at radius 1 is 1.18 bits per heavy atom. The van der Waals surface area contributed by atoms with Gasteiger partial charge < -0.3 is 15.6 Å². The molecule has 3 N–H and O–H groups in total. The molecule has 10 heteroatoms. The average Bonchev–Trinajstić information content (AvgIpc) is 3.72. The van der Waals surface area contributed by atoms with E-state index in [4.69, 9.17) is 17.1 Å². The van der Waals surface area contributed by atoms with Crippen molar-refractivity contribution in [3.63, 3.8) is 0 Å². The van der Waals surface area contributed by atoms with Crippen molar-refractivity contribution in [2.45, 2.75) is 49.9 Å². The van der Waals surface area contributed by atoms with Gasteiger partial charge in [-0.25, -0.2) is 14.4 Å². The van der Waals surface area contributed by atoms with Crippen LogP contribution in [-0.2, 0) is 19.3 Å². The molecule has 1 amide bonds. The highest BCUT2D eigenvalue weighted by Gasteiger charge is 2.57. The summed E-state index contributed by atoms with van der Waals surface area (Å²) in [6.07, 6.45) is 13.4. The molecule has 0 unspecified atom stereocenters. The van der Waals surface area contributed by atoms with E-state index < -0.39 is 12.2 Å². The van der Waals surface area contributed by atoms with Gasteiger partial charge in [-0.05, 0) is 50.3 Å². The molecule has 2 saturated carbocycles. The molecule has 2 aliphatic carbocycles. The molecule has 4 heterocycles. The third kappa shape index (κ3) is 3.43. The Kier molecular flexibility index (Phi) is 5.23. The van der Waals surface area contributed by atoms with Crippen LogP contribution < -0.4 is 11.1 Å². The summed E-state index contributed by atoms with van der Waals surface area (Å²) in [5.41, 5.74) is 10.2. The standard InChI is InChI=1S/C30H27FN8O/c1-3-22-24(19-12-18-6-4-5-7-21(18)33-15-19)25-26(32)34-17-35-27(25)39(22)30-10-8-29(16-30,9-11-30)36-28(40)23-13-20(14-31)37-38(23)2/h1,4-7,12-13,15,17H,8-11,14,16H2,2H3,(H,36,40)(H2,32,34,35). The van der Waals surface area contributed by atoms with E-state index in [2.05, 4.69) is 36.9 Å². The maximum absolute atomic E-state index is 13.3. The number of nitrogens with one attached hydrogen (secondary N) is 1. The zero-order chi connectivity index (χ0) is 27.6. The number of aromatic nitrogens is 6. The minimum absolute atomic E-state index is 0.239. The SMILES string of the molecule is C#Cc1c(-c2cnc3ccccc3c2)c2c(N)ncnc2n1C12CCC(NC(=O)c3cc(CF)nn3C)(CC1)C2. The summed E-state index contributed by atoms with van der Waals surface area (Å²) in [4.78, 5) is 26.9. The third-order valence-electron chi connectivity index (χ3n) is 8.75. The Hall–Kier alpha value is -4.78. The summed E-state index contributed by atoms with van der Waals surface area (Å²) in [6.45, 7) is -0.717. The van der Waals surface area contributed by atoms with Crippen LogP contribution in [0.1, 0.15) is 54.0 Å². The number of halogens is 1. The number of benzene rings is 1. The molecule has 0 radical (unpaired) electrons. The van der Waals surface area contributed by atoms with E-state index in [9.17, 15) is 9.18 Å².